The summed E-state index contributed by atoms with van der Waals surface area (Å²) in [6.07, 6.45) is 4.18. The van der Waals surface area contributed by atoms with Gasteiger partial charge in [-0.05, 0) is 58.0 Å². The second-order valence-electron chi connectivity index (χ2n) is 7.20. The molecule has 0 atom stereocenters. The number of benzene rings is 1. The summed E-state index contributed by atoms with van der Waals surface area (Å²) in [4.78, 5) is 0. The monoisotopic (exact) mass is 288 g/mol. The first-order chi connectivity index (χ1) is 9.87. The van der Waals surface area contributed by atoms with E-state index < -0.39 is 0 Å². The van der Waals surface area contributed by atoms with E-state index in [9.17, 15) is 0 Å². The van der Waals surface area contributed by atoms with Crippen molar-refractivity contribution in [3.05, 3.63) is 29.8 Å². The van der Waals surface area contributed by atoms with Crippen LogP contribution in [0.15, 0.2) is 24.3 Å². The molecule has 3 rings (SSSR count). The van der Waals surface area contributed by atoms with Gasteiger partial charge in [-0.15, -0.1) is 0 Å². The first kappa shape index (κ1) is 15.1. The second kappa shape index (κ2) is 5.42. The van der Waals surface area contributed by atoms with Crippen molar-refractivity contribution >= 4 is 12.6 Å². The highest BCUT2D eigenvalue weighted by Crippen LogP contribution is 2.36. The van der Waals surface area contributed by atoms with E-state index in [0.717, 1.165) is 5.46 Å². The van der Waals surface area contributed by atoms with Gasteiger partial charge in [-0.3, -0.25) is 0 Å². The van der Waals surface area contributed by atoms with Crippen LogP contribution in [0.3, 0.4) is 0 Å². The molecule has 2 aliphatic rings. The Labute approximate surface area is 128 Å². The minimum atomic E-state index is -0.296. The smallest absolute Gasteiger partial charge is 0.399 e. The van der Waals surface area contributed by atoms with Gasteiger partial charge in [0.1, 0.15) is 0 Å². The molecule has 1 aromatic rings. The van der Waals surface area contributed by atoms with E-state index in [-0.39, 0.29) is 18.3 Å². The molecular weight excluding hydrogens is 263 g/mol. The van der Waals surface area contributed by atoms with Gasteiger partial charge in [0.05, 0.1) is 23.9 Å². The molecule has 1 saturated heterocycles. The number of rotatable bonds is 4. The fourth-order valence-electron chi connectivity index (χ4n) is 2.56. The molecule has 4 heteroatoms. The van der Waals surface area contributed by atoms with Gasteiger partial charge >= 0.3 is 7.12 Å². The average Bonchev–Trinajstić information content (AvgIpc) is 2.57. The first-order valence-corrected chi connectivity index (χ1v) is 7.93. The quantitative estimate of drug-likeness (QED) is 0.797. The van der Waals surface area contributed by atoms with Crippen LogP contribution in [0, 0.1) is 0 Å². The van der Waals surface area contributed by atoms with Crippen LogP contribution < -0.4 is 5.46 Å². The third-order valence-corrected chi connectivity index (χ3v) is 5.01. The first-order valence-electron chi connectivity index (χ1n) is 7.93. The van der Waals surface area contributed by atoms with Gasteiger partial charge in [-0.1, -0.05) is 24.3 Å². The Morgan fingerprint density at radius 2 is 1.81 bits per heavy atom. The molecule has 1 aromatic carbocycles. The Morgan fingerprint density at radius 3 is 2.38 bits per heavy atom. The zero-order chi connectivity index (χ0) is 15.1. The maximum absolute atomic E-state index is 6.10. The third kappa shape index (κ3) is 3.03. The predicted molar refractivity (Wildman–Crippen MR) is 84.6 cm³/mol. The van der Waals surface area contributed by atoms with Crippen LogP contribution in [0.5, 0.6) is 0 Å². The van der Waals surface area contributed by atoms with Crippen molar-refractivity contribution in [3.8, 4) is 0 Å². The summed E-state index contributed by atoms with van der Waals surface area (Å²) in [5, 5.41) is 0. The van der Waals surface area contributed by atoms with Crippen LogP contribution in [-0.2, 0) is 20.7 Å². The summed E-state index contributed by atoms with van der Waals surface area (Å²) >= 11 is 0. The van der Waals surface area contributed by atoms with Gasteiger partial charge in [-0.2, -0.15) is 0 Å². The van der Waals surface area contributed by atoms with Crippen molar-refractivity contribution in [2.24, 2.45) is 0 Å². The molecule has 0 spiro atoms. The highest BCUT2D eigenvalue weighted by atomic mass is 16.7. The number of ether oxygens (including phenoxy) is 1. The maximum Gasteiger partial charge on any atom is 0.494 e. The van der Waals surface area contributed by atoms with Gasteiger partial charge < -0.3 is 14.0 Å². The third-order valence-electron chi connectivity index (χ3n) is 5.01. The minimum Gasteiger partial charge on any atom is -0.399 e. The van der Waals surface area contributed by atoms with E-state index in [1.54, 1.807) is 0 Å². The SMILES string of the molecule is CC1(C)OB(c2cccc(COC3CCC3)c2)OC1(C)C. The van der Waals surface area contributed by atoms with Crippen LogP contribution in [0.25, 0.3) is 0 Å². The molecule has 3 nitrogen and oxygen atoms in total. The largest absolute Gasteiger partial charge is 0.494 e. The van der Waals surface area contributed by atoms with Crippen molar-refractivity contribution < 1.29 is 14.0 Å². The lowest BCUT2D eigenvalue weighted by Crippen LogP contribution is -2.41. The molecule has 0 bridgehead atoms. The zero-order valence-corrected chi connectivity index (χ0v) is 13.5. The summed E-state index contributed by atoms with van der Waals surface area (Å²) in [5.41, 5.74) is 1.67. The highest BCUT2D eigenvalue weighted by molar-refractivity contribution is 6.62. The van der Waals surface area contributed by atoms with Gasteiger partial charge in [0.2, 0.25) is 0 Å². The lowest BCUT2D eigenvalue weighted by Gasteiger charge is -2.32. The average molecular weight is 288 g/mol. The second-order valence-corrected chi connectivity index (χ2v) is 7.20. The summed E-state index contributed by atoms with van der Waals surface area (Å²) in [6, 6.07) is 8.36. The van der Waals surface area contributed by atoms with Gasteiger partial charge in [0.25, 0.3) is 0 Å². The molecule has 1 heterocycles. The molecule has 0 amide bonds. The fourth-order valence-corrected chi connectivity index (χ4v) is 2.56. The molecule has 2 fully saturated rings. The predicted octanol–water partition coefficient (Wildman–Crippen LogP) is 3.05. The maximum atomic E-state index is 6.10. The Bertz CT molecular complexity index is 493. The molecule has 1 aliphatic heterocycles. The van der Waals surface area contributed by atoms with E-state index in [0.29, 0.717) is 12.7 Å². The zero-order valence-electron chi connectivity index (χ0n) is 13.5. The molecule has 0 radical (unpaired) electrons. The Hall–Kier alpha value is -0.835. The van der Waals surface area contributed by atoms with E-state index in [1.165, 1.54) is 24.8 Å². The van der Waals surface area contributed by atoms with Crippen LogP contribution >= 0.6 is 0 Å². The van der Waals surface area contributed by atoms with E-state index >= 15 is 0 Å². The van der Waals surface area contributed by atoms with Crippen LogP contribution in [-0.4, -0.2) is 24.4 Å². The molecular formula is C17H25BO3. The van der Waals surface area contributed by atoms with Crippen molar-refractivity contribution in [1.29, 1.82) is 0 Å². The Balaban J connectivity index is 1.68. The van der Waals surface area contributed by atoms with Crippen molar-refractivity contribution in [2.75, 3.05) is 0 Å². The number of hydrogen-bond acceptors (Lipinski definition) is 3. The summed E-state index contributed by atoms with van der Waals surface area (Å²) < 4.78 is 18.1. The summed E-state index contributed by atoms with van der Waals surface area (Å²) in [5.74, 6) is 0. The molecule has 1 saturated carbocycles. The molecule has 0 aromatic heterocycles. The lowest BCUT2D eigenvalue weighted by atomic mass is 9.78. The minimum absolute atomic E-state index is 0.293. The van der Waals surface area contributed by atoms with E-state index in [2.05, 4.69) is 52.0 Å². The van der Waals surface area contributed by atoms with Crippen molar-refractivity contribution in [2.45, 2.75) is 70.9 Å². The Morgan fingerprint density at radius 1 is 1.14 bits per heavy atom. The topological polar surface area (TPSA) is 27.7 Å². The molecule has 114 valence electrons. The van der Waals surface area contributed by atoms with E-state index in [4.69, 9.17) is 14.0 Å². The van der Waals surface area contributed by atoms with Crippen LogP contribution in [0.4, 0.5) is 0 Å². The molecule has 1 aliphatic carbocycles. The van der Waals surface area contributed by atoms with Gasteiger partial charge in [0.15, 0.2) is 0 Å². The summed E-state index contributed by atoms with van der Waals surface area (Å²) in [6.45, 7) is 9.00. The van der Waals surface area contributed by atoms with Gasteiger partial charge in [0, 0.05) is 0 Å². The summed E-state index contributed by atoms with van der Waals surface area (Å²) in [7, 11) is -0.293. The highest BCUT2D eigenvalue weighted by Gasteiger charge is 2.51. The van der Waals surface area contributed by atoms with Crippen LogP contribution in [0.2, 0.25) is 0 Å². The van der Waals surface area contributed by atoms with E-state index in [1.807, 2.05) is 0 Å². The molecule has 0 N–H and O–H groups in total. The molecule has 0 unspecified atom stereocenters. The lowest BCUT2D eigenvalue weighted by molar-refractivity contribution is -0.00864. The molecule has 21 heavy (non-hydrogen) atoms. The van der Waals surface area contributed by atoms with Gasteiger partial charge in [-0.25, -0.2) is 0 Å². The van der Waals surface area contributed by atoms with Crippen LogP contribution in [0.1, 0.15) is 52.5 Å². The Kier molecular flexibility index (Phi) is 3.89. The van der Waals surface area contributed by atoms with Crippen molar-refractivity contribution in [1.82, 2.24) is 0 Å². The normalized spacial score (nSPS) is 24.1. The standard InChI is InChI=1S/C17H25BO3/c1-16(2)17(3,4)21-18(20-16)14-8-5-7-13(11-14)12-19-15-9-6-10-15/h5,7-8,11,15H,6,9-10,12H2,1-4H3. The number of hydrogen-bond donors (Lipinski definition) is 0. The fraction of sp³-hybridized carbons (Fsp3) is 0.647. The van der Waals surface area contributed by atoms with Crippen molar-refractivity contribution in [3.63, 3.8) is 0 Å².